The number of alkyl halides is 2. The van der Waals surface area contributed by atoms with Gasteiger partial charge in [-0.3, -0.25) is 0 Å². The highest BCUT2D eigenvalue weighted by Crippen LogP contribution is 2.26. The van der Waals surface area contributed by atoms with Crippen molar-refractivity contribution < 1.29 is 17.9 Å². The fourth-order valence-corrected chi connectivity index (χ4v) is 2.16. The molecule has 1 N–H and O–H groups in total. The Morgan fingerprint density at radius 1 is 1.30 bits per heavy atom. The van der Waals surface area contributed by atoms with Gasteiger partial charge in [0.1, 0.15) is 18.0 Å². The van der Waals surface area contributed by atoms with Gasteiger partial charge in [0.25, 0.3) is 6.43 Å². The molecule has 110 valence electrons. The van der Waals surface area contributed by atoms with Gasteiger partial charge in [0, 0.05) is 12.0 Å². The molecule has 1 atom stereocenters. The highest BCUT2D eigenvalue weighted by atomic mass is 19.3. The molecule has 0 saturated carbocycles. The van der Waals surface area contributed by atoms with Gasteiger partial charge in [0.2, 0.25) is 0 Å². The second kappa shape index (κ2) is 6.81. The molecule has 20 heavy (non-hydrogen) atoms. The molecular weight excluding hydrogens is 264 g/mol. The summed E-state index contributed by atoms with van der Waals surface area (Å²) in [6, 6.07) is 7.93. The molecule has 1 unspecified atom stereocenters. The number of aryl methyl sites for hydroxylation is 1. The van der Waals surface area contributed by atoms with Crippen LogP contribution in [0.3, 0.4) is 0 Å². The van der Waals surface area contributed by atoms with Crippen LogP contribution in [0.25, 0.3) is 11.0 Å². The first kappa shape index (κ1) is 14.9. The normalized spacial score (nSPS) is 13.2. The van der Waals surface area contributed by atoms with E-state index >= 15 is 0 Å². The smallest absolute Gasteiger partial charge is 0.261 e. The molecule has 5 heteroatoms. The molecule has 0 aliphatic rings. The van der Waals surface area contributed by atoms with Crippen molar-refractivity contribution in [3.05, 3.63) is 35.6 Å². The van der Waals surface area contributed by atoms with Gasteiger partial charge in [0.05, 0.1) is 6.04 Å². The number of fused-ring (bicyclic) bond motifs is 1. The molecule has 1 heterocycles. The fourth-order valence-electron chi connectivity index (χ4n) is 2.16. The lowest BCUT2D eigenvalue weighted by atomic mass is 10.1. The van der Waals surface area contributed by atoms with E-state index in [0.29, 0.717) is 6.42 Å². The predicted octanol–water partition coefficient (Wildman–Crippen LogP) is 3.67. The second-order valence-corrected chi connectivity index (χ2v) is 4.79. The molecule has 3 nitrogen and oxygen atoms in total. The number of furan rings is 1. The number of rotatable bonds is 7. The average Bonchev–Trinajstić information content (AvgIpc) is 2.81. The Morgan fingerprint density at radius 2 is 2.10 bits per heavy atom. The summed E-state index contributed by atoms with van der Waals surface area (Å²) in [5.74, 6) is 0.800. The van der Waals surface area contributed by atoms with Crippen LogP contribution in [0.4, 0.5) is 8.78 Å². The predicted molar refractivity (Wildman–Crippen MR) is 74.2 cm³/mol. The molecule has 0 aliphatic carbocycles. The number of ether oxygens (including phenoxy) is 1. The first-order chi connectivity index (χ1) is 9.60. The molecule has 0 aliphatic heterocycles. The molecule has 0 fully saturated rings. The van der Waals surface area contributed by atoms with Crippen LogP contribution < -0.4 is 5.32 Å². The summed E-state index contributed by atoms with van der Waals surface area (Å²) in [5, 5.41) is 4.17. The average molecular weight is 283 g/mol. The number of hydrogen-bond donors (Lipinski definition) is 1. The van der Waals surface area contributed by atoms with Gasteiger partial charge in [-0.2, -0.15) is 0 Å². The fraction of sp³-hybridized carbons (Fsp3) is 0.467. The Morgan fingerprint density at radius 3 is 2.80 bits per heavy atom. The maximum atomic E-state index is 12.0. The first-order valence-corrected chi connectivity index (χ1v) is 6.63. The number of halogens is 2. The zero-order valence-electron chi connectivity index (χ0n) is 11.7. The molecule has 0 bridgehead atoms. The van der Waals surface area contributed by atoms with E-state index in [9.17, 15) is 8.78 Å². The molecule has 0 radical (unpaired) electrons. The van der Waals surface area contributed by atoms with E-state index in [0.717, 1.165) is 16.7 Å². The van der Waals surface area contributed by atoms with E-state index in [1.54, 1.807) is 0 Å². The summed E-state index contributed by atoms with van der Waals surface area (Å²) in [6.07, 6.45) is -1.83. The lowest BCUT2D eigenvalue weighted by molar-refractivity contribution is 0.0141. The molecule has 1 aromatic heterocycles. The maximum absolute atomic E-state index is 12.0. The summed E-state index contributed by atoms with van der Waals surface area (Å²) in [7, 11) is 1.82. The zero-order valence-corrected chi connectivity index (χ0v) is 11.7. The minimum absolute atomic E-state index is 0.0413. The van der Waals surface area contributed by atoms with Gasteiger partial charge in [0.15, 0.2) is 0 Å². The Kier molecular flexibility index (Phi) is 5.09. The Bertz CT molecular complexity index is 554. The van der Waals surface area contributed by atoms with Gasteiger partial charge >= 0.3 is 0 Å². The molecule has 2 rings (SSSR count). The quantitative estimate of drug-likeness (QED) is 0.787. The van der Waals surface area contributed by atoms with E-state index < -0.39 is 13.0 Å². The third-order valence-electron chi connectivity index (χ3n) is 3.18. The minimum Gasteiger partial charge on any atom is -0.459 e. The van der Waals surface area contributed by atoms with Gasteiger partial charge < -0.3 is 14.5 Å². The van der Waals surface area contributed by atoms with Crippen molar-refractivity contribution in [3.63, 3.8) is 0 Å². The number of hydrogen-bond acceptors (Lipinski definition) is 3. The van der Waals surface area contributed by atoms with Crippen LogP contribution in [0, 0.1) is 6.92 Å². The number of benzene rings is 1. The lowest BCUT2D eigenvalue weighted by Crippen LogP contribution is -2.18. The maximum Gasteiger partial charge on any atom is 0.261 e. The third-order valence-corrected chi connectivity index (χ3v) is 3.18. The molecular formula is C15H19F2NO2. The third kappa shape index (κ3) is 3.77. The van der Waals surface area contributed by atoms with E-state index in [1.165, 1.54) is 5.56 Å². The molecule has 0 saturated heterocycles. The summed E-state index contributed by atoms with van der Waals surface area (Å²) < 4.78 is 34.7. The van der Waals surface area contributed by atoms with Crippen molar-refractivity contribution in [2.24, 2.45) is 0 Å². The van der Waals surface area contributed by atoms with E-state index in [4.69, 9.17) is 9.15 Å². The van der Waals surface area contributed by atoms with Crippen molar-refractivity contribution in [3.8, 4) is 0 Å². The highest BCUT2D eigenvalue weighted by Gasteiger charge is 2.15. The van der Waals surface area contributed by atoms with Crippen LogP contribution in [0.15, 0.2) is 28.7 Å². The van der Waals surface area contributed by atoms with Crippen molar-refractivity contribution in [1.29, 1.82) is 0 Å². The van der Waals surface area contributed by atoms with E-state index in [1.807, 2.05) is 32.2 Å². The SMILES string of the molecule is CNC(CCOCC(F)F)c1cc2cc(C)ccc2o1. The van der Waals surface area contributed by atoms with Gasteiger partial charge in [-0.25, -0.2) is 8.78 Å². The van der Waals surface area contributed by atoms with Crippen molar-refractivity contribution >= 4 is 11.0 Å². The zero-order chi connectivity index (χ0) is 14.5. The summed E-state index contributed by atoms with van der Waals surface area (Å²) >= 11 is 0. The van der Waals surface area contributed by atoms with Crippen molar-refractivity contribution in [2.45, 2.75) is 25.8 Å². The Balaban J connectivity index is 2.01. The molecule has 0 amide bonds. The summed E-state index contributed by atoms with van der Waals surface area (Å²) in [6.45, 7) is 1.78. The Hall–Kier alpha value is -1.46. The summed E-state index contributed by atoms with van der Waals surface area (Å²) in [4.78, 5) is 0. The second-order valence-electron chi connectivity index (χ2n) is 4.79. The first-order valence-electron chi connectivity index (χ1n) is 6.63. The minimum atomic E-state index is -2.42. The number of nitrogens with one attached hydrogen (secondary N) is 1. The van der Waals surface area contributed by atoms with E-state index in [2.05, 4.69) is 11.4 Å². The molecule has 0 spiro atoms. The van der Waals surface area contributed by atoms with Crippen molar-refractivity contribution in [2.75, 3.05) is 20.3 Å². The van der Waals surface area contributed by atoms with Crippen LogP contribution in [-0.4, -0.2) is 26.7 Å². The van der Waals surface area contributed by atoms with E-state index in [-0.39, 0.29) is 12.6 Å². The lowest BCUT2D eigenvalue weighted by Gasteiger charge is -2.13. The van der Waals surface area contributed by atoms with Gasteiger partial charge in [-0.15, -0.1) is 0 Å². The molecule has 2 aromatic rings. The van der Waals surface area contributed by atoms with Crippen LogP contribution in [-0.2, 0) is 4.74 Å². The standard InChI is InChI=1S/C15H19F2NO2/c1-10-3-4-13-11(7-10)8-14(20-13)12(18-2)5-6-19-9-15(16)17/h3-4,7-8,12,15,18H,5-6,9H2,1-2H3. The summed E-state index contributed by atoms with van der Waals surface area (Å²) in [5.41, 5.74) is 2.01. The largest absolute Gasteiger partial charge is 0.459 e. The monoisotopic (exact) mass is 283 g/mol. The van der Waals surface area contributed by atoms with Crippen LogP contribution in [0.2, 0.25) is 0 Å². The van der Waals surface area contributed by atoms with Crippen LogP contribution in [0.5, 0.6) is 0 Å². The topological polar surface area (TPSA) is 34.4 Å². The van der Waals surface area contributed by atoms with Crippen molar-refractivity contribution in [1.82, 2.24) is 5.32 Å². The highest BCUT2D eigenvalue weighted by molar-refractivity contribution is 5.78. The van der Waals surface area contributed by atoms with Crippen LogP contribution >= 0.6 is 0 Å². The van der Waals surface area contributed by atoms with Gasteiger partial charge in [-0.05, 0) is 38.6 Å². The molecule has 1 aromatic carbocycles. The van der Waals surface area contributed by atoms with Gasteiger partial charge in [-0.1, -0.05) is 11.6 Å². The van der Waals surface area contributed by atoms with Crippen LogP contribution in [0.1, 0.15) is 23.8 Å². The Labute approximate surface area is 116 Å².